The van der Waals surface area contributed by atoms with Crippen LogP contribution in [0, 0.1) is 11.7 Å². The van der Waals surface area contributed by atoms with Gasteiger partial charge < -0.3 is 26.2 Å². The minimum absolute atomic E-state index is 0.0230. The molecule has 0 saturated carbocycles. The van der Waals surface area contributed by atoms with E-state index in [0.29, 0.717) is 10.9 Å². The predicted octanol–water partition coefficient (Wildman–Crippen LogP) is 1.55. The first-order valence-electron chi connectivity index (χ1n) is 7.35. The van der Waals surface area contributed by atoms with Gasteiger partial charge in [0.2, 0.25) is 5.91 Å². The normalized spacial score (nSPS) is 12.2. The molecule has 0 bridgehead atoms. The summed E-state index contributed by atoms with van der Waals surface area (Å²) >= 11 is 3.12. The van der Waals surface area contributed by atoms with E-state index in [4.69, 9.17) is 10.2 Å². The van der Waals surface area contributed by atoms with Gasteiger partial charge in [0.05, 0.1) is 12.2 Å². The smallest absolute Gasteiger partial charge is 0.319 e. The van der Waals surface area contributed by atoms with Crippen molar-refractivity contribution in [3.63, 3.8) is 0 Å². The van der Waals surface area contributed by atoms with Gasteiger partial charge in [-0.05, 0) is 30.5 Å². The number of halogens is 2. The monoisotopic (exact) mass is 405 g/mol. The molecule has 1 aromatic carbocycles. The van der Waals surface area contributed by atoms with Crippen LogP contribution in [0.4, 0.5) is 14.9 Å². The second-order valence-corrected chi connectivity index (χ2v) is 6.55. The van der Waals surface area contributed by atoms with Gasteiger partial charge in [0.15, 0.2) is 6.29 Å². The second-order valence-electron chi connectivity index (χ2n) is 5.63. The van der Waals surface area contributed by atoms with E-state index in [1.54, 1.807) is 6.07 Å². The molecule has 0 aliphatic carbocycles. The minimum atomic E-state index is -1.68. The molecule has 1 atom stereocenters. The fourth-order valence-electron chi connectivity index (χ4n) is 1.93. The number of hydrogen-bond acceptors (Lipinski definition) is 4. The molecule has 0 heterocycles. The number of nitrogens with one attached hydrogen (secondary N) is 3. The highest BCUT2D eigenvalue weighted by Gasteiger charge is 2.22. The van der Waals surface area contributed by atoms with Gasteiger partial charge in [-0.25, -0.2) is 9.18 Å². The molecule has 0 unspecified atom stereocenters. The highest BCUT2D eigenvalue weighted by Crippen LogP contribution is 2.19. The summed E-state index contributed by atoms with van der Waals surface area (Å²) in [5.41, 5.74) is -0.0230. The van der Waals surface area contributed by atoms with Crippen molar-refractivity contribution in [3.05, 3.63) is 28.5 Å². The first-order chi connectivity index (χ1) is 11.2. The Hall–Kier alpha value is -1.71. The van der Waals surface area contributed by atoms with Gasteiger partial charge in [0.25, 0.3) is 0 Å². The van der Waals surface area contributed by atoms with E-state index in [-0.39, 0.29) is 18.2 Å². The van der Waals surface area contributed by atoms with Crippen molar-refractivity contribution in [3.8, 4) is 0 Å². The highest BCUT2D eigenvalue weighted by molar-refractivity contribution is 9.10. The Kier molecular flexibility index (Phi) is 8.09. The molecule has 0 aromatic heterocycles. The van der Waals surface area contributed by atoms with Gasteiger partial charge in [-0.2, -0.15) is 0 Å². The van der Waals surface area contributed by atoms with E-state index in [9.17, 15) is 14.0 Å². The quantitative estimate of drug-likeness (QED) is 0.443. The van der Waals surface area contributed by atoms with E-state index in [2.05, 4.69) is 31.9 Å². The molecule has 1 aromatic rings. The molecule has 9 heteroatoms. The number of urea groups is 1. The molecule has 24 heavy (non-hydrogen) atoms. The number of aliphatic hydroxyl groups excluding tert-OH is 1. The minimum Gasteiger partial charge on any atom is -0.367 e. The molecule has 7 nitrogen and oxygen atoms in total. The van der Waals surface area contributed by atoms with E-state index < -0.39 is 30.1 Å². The third-order valence-corrected chi connectivity index (χ3v) is 3.46. The van der Waals surface area contributed by atoms with Crippen molar-refractivity contribution < 1.29 is 24.2 Å². The van der Waals surface area contributed by atoms with Crippen LogP contribution in [-0.2, 0) is 4.79 Å². The lowest BCUT2D eigenvalue weighted by Gasteiger charge is -2.21. The predicted molar refractivity (Wildman–Crippen MR) is 90.7 cm³/mol. The van der Waals surface area contributed by atoms with Crippen molar-refractivity contribution in [2.75, 3.05) is 11.9 Å². The molecule has 0 aliphatic rings. The van der Waals surface area contributed by atoms with E-state index in [1.807, 2.05) is 13.8 Å². The van der Waals surface area contributed by atoms with Crippen LogP contribution in [0.25, 0.3) is 0 Å². The molecular formula is C15H21BrFN3O4. The lowest BCUT2D eigenvalue weighted by Crippen LogP contribution is -2.50. The van der Waals surface area contributed by atoms with E-state index in [0.717, 1.165) is 0 Å². The standard InChI is InChI=1S/C15H21BrFN3O4/c1-8(2)5-12(14(23)18-7-13(21)22)20-15(24)19-11-4-3-9(16)6-10(11)17/h3-4,6,8,12-13,21-22H,5,7H2,1-2H3,(H,18,23)(H2,19,20,24)/t12-/m0/s1. The van der Waals surface area contributed by atoms with E-state index in [1.165, 1.54) is 12.1 Å². The molecule has 0 fully saturated rings. The molecule has 0 spiro atoms. The Labute approximate surface area is 147 Å². The number of carbonyl (C=O) groups is 2. The summed E-state index contributed by atoms with van der Waals surface area (Å²) in [6.45, 7) is 3.39. The van der Waals surface area contributed by atoms with Crippen molar-refractivity contribution in [1.29, 1.82) is 0 Å². The van der Waals surface area contributed by atoms with Crippen molar-refractivity contribution in [2.45, 2.75) is 32.6 Å². The third-order valence-electron chi connectivity index (χ3n) is 2.97. The SMILES string of the molecule is CC(C)C[C@H](NC(=O)Nc1ccc(Br)cc1F)C(=O)NCC(O)O. The second kappa shape index (κ2) is 9.55. The largest absolute Gasteiger partial charge is 0.367 e. The van der Waals surface area contributed by atoms with Gasteiger partial charge in [-0.15, -0.1) is 0 Å². The zero-order chi connectivity index (χ0) is 18.3. The Morgan fingerprint density at radius 2 is 1.96 bits per heavy atom. The summed E-state index contributed by atoms with van der Waals surface area (Å²) in [5, 5.41) is 24.7. The Morgan fingerprint density at radius 1 is 1.29 bits per heavy atom. The summed E-state index contributed by atoms with van der Waals surface area (Å²) in [5.74, 6) is -1.07. The van der Waals surface area contributed by atoms with Crippen LogP contribution in [0.1, 0.15) is 20.3 Å². The third kappa shape index (κ3) is 7.24. The molecule has 3 amide bonds. The number of carbonyl (C=O) groups excluding carboxylic acids is 2. The molecule has 0 radical (unpaired) electrons. The van der Waals surface area contributed by atoms with Crippen molar-refractivity contribution in [2.24, 2.45) is 5.92 Å². The average molecular weight is 406 g/mol. The summed E-state index contributed by atoms with van der Waals surface area (Å²) in [7, 11) is 0. The molecular weight excluding hydrogens is 385 g/mol. The van der Waals surface area contributed by atoms with Crippen molar-refractivity contribution in [1.82, 2.24) is 10.6 Å². The summed E-state index contributed by atoms with van der Waals surface area (Å²) in [4.78, 5) is 24.0. The van der Waals surface area contributed by atoms with Crippen LogP contribution >= 0.6 is 15.9 Å². The number of hydrogen-bond donors (Lipinski definition) is 5. The molecule has 1 rings (SSSR count). The Bertz CT molecular complexity index is 584. The number of rotatable bonds is 7. The molecule has 134 valence electrons. The number of aliphatic hydroxyl groups is 2. The van der Waals surface area contributed by atoms with Crippen molar-refractivity contribution >= 4 is 33.6 Å². The van der Waals surface area contributed by atoms with Crippen LogP contribution in [-0.4, -0.2) is 41.0 Å². The van der Waals surface area contributed by atoms with Crippen LogP contribution in [0.3, 0.4) is 0 Å². The number of anilines is 1. The zero-order valence-electron chi connectivity index (χ0n) is 13.3. The highest BCUT2D eigenvalue weighted by atomic mass is 79.9. The first-order valence-corrected chi connectivity index (χ1v) is 8.14. The van der Waals surface area contributed by atoms with Crippen LogP contribution in [0.2, 0.25) is 0 Å². The Morgan fingerprint density at radius 3 is 2.50 bits per heavy atom. The fourth-order valence-corrected chi connectivity index (χ4v) is 2.26. The zero-order valence-corrected chi connectivity index (χ0v) is 14.9. The van der Waals surface area contributed by atoms with Gasteiger partial charge in [0.1, 0.15) is 11.9 Å². The van der Waals surface area contributed by atoms with Crippen LogP contribution < -0.4 is 16.0 Å². The maximum absolute atomic E-state index is 13.7. The fraction of sp³-hybridized carbons (Fsp3) is 0.467. The first kappa shape index (κ1) is 20.3. The van der Waals surface area contributed by atoms with E-state index >= 15 is 0 Å². The summed E-state index contributed by atoms with van der Waals surface area (Å²) in [6, 6.07) is 2.54. The average Bonchev–Trinajstić information content (AvgIpc) is 2.46. The van der Waals surface area contributed by atoms with Gasteiger partial charge >= 0.3 is 6.03 Å². The number of amides is 3. The lowest BCUT2D eigenvalue weighted by molar-refractivity contribution is -0.125. The van der Waals surface area contributed by atoms with Gasteiger partial charge in [-0.3, -0.25) is 4.79 Å². The van der Waals surface area contributed by atoms with Crippen LogP contribution in [0.5, 0.6) is 0 Å². The summed E-state index contributed by atoms with van der Waals surface area (Å²) < 4.78 is 14.3. The lowest BCUT2D eigenvalue weighted by atomic mass is 10.0. The molecule has 0 aliphatic heterocycles. The Balaban J connectivity index is 2.70. The number of benzene rings is 1. The van der Waals surface area contributed by atoms with Gasteiger partial charge in [-0.1, -0.05) is 29.8 Å². The van der Waals surface area contributed by atoms with Crippen LogP contribution in [0.15, 0.2) is 22.7 Å². The summed E-state index contributed by atoms with van der Waals surface area (Å²) in [6.07, 6.45) is -1.34. The molecule has 0 saturated heterocycles. The topological polar surface area (TPSA) is 111 Å². The molecule has 5 N–H and O–H groups in total. The maximum atomic E-state index is 13.7. The maximum Gasteiger partial charge on any atom is 0.319 e. The van der Waals surface area contributed by atoms with Gasteiger partial charge in [0, 0.05) is 4.47 Å².